The van der Waals surface area contributed by atoms with E-state index in [1.54, 1.807) is 18.2 Å². The van der Waals surface area contributed by atoms with Gasteiger partial charge in [0.25, 0.3) is 0 Å². The summed E-state index contributed by atoms with van der Waals surface area (Å²) in [5, 5.41) is 4.48. The van der Waals surface area contributed by atoms with Crippen LogP contribution in [0.3, 0.4) is 0 Å². The lowest BCUT2D eigenvalue weighted by molar-refractivity contribution is -0.137. The van der Waals surface area contributed by atoms with Gasteiger partial charge >= 0.3 is 12.2 Å². The predicted octanol–water partition coefficient (Wildman–Crippen LogP) is 8.29. The Morgan fingerprint density at radius 3 is 2.27 bits per heavy atom. The number of hydrogen-bond donors (Lipinski definition) is 3. The molecular formula is C35H32ClF5N6O2. The van der Waals surface area contributed by atoms with E-state index < -0.39 is 46.4 Å². The summed E-state index contributed by atoms with van der Waals surface area (Å²) >= 11 is 5.78. The molecule has 1 atom stereocenters. The molecule has 0 saturated carbocycles. The summed E-state index contributed by atoms with van der Waals surface area (Å²) in [6.45, 7) is 5.92. The van der Waals surface area contributed by atoms with E-state index in [4.69, 9.17) is 22.3 Å². The fourth-order valence-electron chi connectivity index (χ4n) is 5.58. The van der Waals surface area contributed by atoms with E-state index in [1.807, 2.05) is 28.8 Å². The summed E-state index contributed by atoms with van der Waals surface area (Å²) in [6, 6.07) is 17.5. The van der Waals surface area contributed by atoms with Gasteiger partial charge in [0.2, 0.25) is 5.91 Å². The van der Waals surface area contributed by atoms with Gasteiger partial charge in [-0.25, -0.2) is 18.6 Å². The molecule has 0 saturated heterocycles. The molecule has 0 aliphatic carbocycles. The maximum absolute atomic E-state index is 14.2. The first-order chi connectivity index (χ1) is 23.3. The summed E-state index contributed by atoms with van der Waals surface area (Å²) in [5.41, 5.74) is 8.31. The summed E-state index contributed by atoms with van der Waals surface area (Å²) in [4.78, 5) is 32.0. The normalized spacial score (nSPS) is 12.2. The smallest absolute Gasteiger partial charge is 0.372 e. The zero-order valence-corrected chi connectivity index (χ0v) is 27.2. The topological polar surface area (TPSA) is 105 Å². The van der Waals surface area contributed by atoms with E-state index >= 15 is 0 Å². The lowest BCUT2D eigenvalue weighted by Gasteiger charge is -2.21. The largest absolute Gasteiger partial charge is 0.417 e. The van der Waals surface area contributed by atoms with Crippen LogP contribution >= 0.6 is 11.6 Å². The van der Waals surface area contributed by atoms with Gasteiger partial charge in [-0.3, -0.25) is 4.79 Å². The van der Waals surface area contributed by atoms with E-state index in [1.165, 1.54) is 6.07 Å². The van der Waals surface area contributed by atoms with Crippen LogP contribution in [0, 0.1) is 11.6 Å². The van der Waals surface area contributed by atoms with Crippen LogP contribution in [0.4, 0.5) is 38.1 Å². The maximum Gasteiger partial charge on any atom is 0.417 e. The number of nitrogens with two attached hydrogens (primary N) is 1. The Kier molecular flexibility index (Phi) is 10.4. The lowest BCUT2D eigenvalue weighted by Crippen LogP contribution is -2.35. The minimum absolute atomic E-state index is 0.00333. The number of primary amides is 1. The number of carbonyl (C=O) groups is 2. The van der Waals surface area contributed by atoms with Gasteiger partial charge in [-0.05, 0) is 91.7 Å². The molecule has 3 amide bonds. The highest BCUT2D eigenvalue weighted by atomic mass is 35.5. The van der Waals surface area contributed by atoms with E-state index in [2.05, 4.69) is 29.4 Å². The molecule has 0 bridgehead atoms. The molecule has 14 heteroatoms. The number of halogens is 6. The molecule has 5 rings (SSSR count). The summed E-state index contributed by atoms with van der Waals surface area (Å²) in [5.74, 6) is -2.12. The van der Waals surface area contributed by atoms with Crippen molar-refractivity contribution in [2.75, 3.05) is 23.3 Å². The van der Waals surface area contributed by atoms with E-state index in [-0.39, 0.29) is 18.7 Å². The molecule has 0 aliphatic rings. The minimum Gasteiger partial charge on any atom is -0.372 e. The van der Waals surface area contributed by atoms with Crippen molar-refractivity contribution in [2.45, 2.75) is 39.0 Å². The Hall–Kier alpha value is -5.17. The number of carbonyl (C=O) groups excluding carboxylic acids is 2. The molecule has 4 aromatic carbocycles. The minimum atomic E-state index is -4.67. The van der Waals surface area contributed by atoms with Gasteiger partial charge in [0.1, 0.15) is 5.82 Å². The van der Waals surface area contributed by atoms with Crippen molar-refractivity contribution in [1.82, 2.24) is 14.9 Å². The average Bonchev–Trinajstić information content (AvgIpc) is 3.40. The highest BCUT2D eigenvalue weighted by Crippen LogP contribution is 2.36. The standard InChI is InChI=1S/C35H32ClF5N6O2/c1-3-46(4-2)24-10-6-21(7-11-24)33-44-30-16-22(8-14-31(30)47(33)19-20-5-13-27(37)28(38)15-20)29(18-32(42)48)45-34(49)43-23-9-12-25(26(36)17-23)35(39,40)41/h5-17,29H,3-4,18-19H2,1-2H3,(H2,42,48)(H2,43,45,49). The number of nitrogens with zero attached hydrogens (tertiary/aromatic N) is 3. The second kappa shape index (κ2) is 14.5. The number of rotatable bonds is 11. The Balaban J connectivity index is 1.49. The number of urea groups is 1. The van der Waals surface area contributed by atoms with Crippen LogP contribution in [0.5, 0.6) is 0 Å². The third-order valence-electron chi connectivity index (χ3n) is 8.00. The number of anilines is 2. The number of imidazole rings is 1. The number of fused-ring (bicyclic) bond motifs is 1. The first kappa shape index (κ1) is 35.1. The third kappa shape index (κ3) is 8.11. The van der Waals surface area contributed by atoms with E-state index in [9.17, 15) is 31.5 Å². The van der Waals surface area contributed by atoms with Crippen molar-refractivity contribution in [3.8, 4) is 11.4 Å². The summed E-state index contributed by atoms with van der Waals surface area (Å²) < 4.78 is 69.1. The number of aromatic nitrogens is 2. The van der Waals surface area contributed by atoms with Crippen molar-refractivity contribution in [1.29, 1.82) is 0 Å². The van der Waals surface area contributed by atoms with Crippen LogP contribution in [-0.2, 0) is 17.5 Å². The molecule has 0 fully saturated rings. The second-order valence-corrected chi connectivity index (χ2v) is 11.7. The number of hydrogen-bond acceptors (Lipinski definition) is 4. The number of alkyl halides is 3. The highest BCUT2D eigenvalue weighted by Gasteiger charge is 2.33. The molecule has 49 heavy (non-hydrogen) atoms. The monoisotopic (exact) mass is 698 g/mol. The number of nitrogens with one attached hydrogen (secondary N) is 2. The van der Waals surface area contributed by atoms with Gasteiger partial charge < -0.3 is 25.8 Å². The Bertz CT molecular complexity index is 1990. The molecule has 4 N–H and O–H groups in total. The van der Waals surface area contributed by atoms with Crippen LogP contribution in [-0.4, -0.2) is 34.6 Å². The molecular weight excluding hydrogens is 667 g/mol. The number of benzene rings is 4. The molecule has 8 nitrogen and oxygen atoms in total. The van der Waals surface area contributed by atoms with Crippen LogP contribution in [0.1, 0.15) is 43.0 Å². The maximum atomic E-state index is 14.2. The Morgan fingerprint density at radius 2 is 1.65 bits per heavy atom. The van der Waals surface area contributed by atoms with Crippen molar-refractivity contribution in [3.63, 3.8) is 0 Å². The number of amides is 3. The average molecular weight is 699 g/mol. The van der Waals surface area contributed by atoms with Gasteiger partial charge in [0, 0.05) is 36.6 Å². The SMILES string of the molecule is CCN(CC)c1ccc(-c2nc3cc(C(CC(N)=O)NC(=O)Nc4ccc(C(F)(F)F)c(Cl)c4)ccc3n2Cc2ccc(F)c(F)c2)cc1. The second-order valence-electron chi connectivity index (χ2n) is 11.3. The van der Waals surface area contributed by atoms with Crippen LogP contribution in [0.2, 0.25) is 5.02 Å². The molecule has 1 aromatic heterocycles. The molecule has 0 aliphatic heterocycles. The fraction of sp³-hybridized carbons (Fsp3) is 0.229. The molecule has 256 valence electrons. The van der Waals surface area contributed by atoms with Crippen LogP contribution in [0.15, 0.2) is 78.9 Å². The zero-order valence-electron chi connectivity index (χ0n) is 26.4. The van der Waals surface area contributed by atoms with Gasteiger partial charge in [0.05, 0.1) is 34.1 Å². The summed E-state index contributed by atoms with van der Waals surface area (Å²) in [6.07, 6.45) is -4.97. The highest BCUT2D eigenvalue weighted by molar-refractivity contribution is 6.31. The Morgan fingerprint density at radius 1 is 0.939 bits per heavy atom. The van der Waals surface area contributed by atoms with Gasteiger partial charge in [0.15, 0.2) is 11.6 Å². The zero-order chi connectivity index (χ0) is 35.5. The lowest BCUT2D eigenvalue weighted by atomic mass is 10.0. The molecule has 0 spiro atoms. The van der Waals surface area contributed by atoms with Crippen molar-refractivity contribution < 1.29 is 31.5 Å². The van der Waals surface area contributed by atoms with E-state index in [0.29, 0.717) is 28.0 Å². The van der Waals surface area contributed by atoms with Crippen LogP contribution < -0.4 is 21.3 Å². The molecule has 5 aromatic rings. The molecule has 0 radical (unpaired) electrons. The van der Waals surface area contributed by atoms with Gasteiger partial charge in [-0.2, -0.15) is 13.2 Å². The fourth-order valence-corrected chi connectivity index (χ4v) is 5.86. The van der Waals surface area contributed by atoms with Crippen molar-refractivity contribution >= 4 is 45.9 Å². The summed E-state index contributed by atoms with van der Waals surface area (Å²) in [7, 11) is 0. The molecule has 1 unspecified atom stereocenters. The first-order valence-electron chi connectivity index (χ1n) is 15.3. The first-order valence-corrected chi connectivity index (χ1v) is 15.7. The van der Waals surface area contributed by atoms with Crippen molar-refractivity contribution in [2.24, 2.45) is 5.73 Å². The molecule has 1 heterocycles. The quantitative estimate of drug-likeness (QED) is 0.121. The van der Waals surface area contributed by atoms with E-state index in [0.717, 1.165) is 54.7 Å². The predicted molar refractivity (Wildman–Crippen MR) is 179 cm³/mol. The van der Waals surface area contributed by atoms with Gasteiger partial charge in [-0.15, -0.1) is 0 Å². The Labute approximate surface area is 283 Å². The van der Waals surface area contributed by atoms with Crippen LogP contribution in [0.25, 0.3) is 22.4 Å². The third-order valence-corrected chi connectivity index (χ3v) is 8.31. The van der Waals surface area contributed by atoms with Gasteiger partial charge in [-0.1, -0.05) is 23.7 Å². The van der Waals surface area contributed by atoms with Crippen molar-refractivity contribution in [3.05, 3.63) is 112 Å².